The summed E-state index contributed by atoms with van der Waals surface area (Å²) in [6.45, 7) is 0. The quantitative estimate of drug-likeness (QED) is 0.855. The first kappa shape index (κ1) is 18.3. The van der Waals surface area contributed by atoms with Crippen LogP contribution in [0, 0.1) is 23.6 Å². The van der Waals surface area contributed by atoms with Gasteiger partial charge in [-0.3, -0.25) is 4.98 Å². The molecule has 0 aliphatic heterocycles. The lowest BCUT2D eigenvalue weighted by Crippen LogP contribution is -2.32. The Bertz CT molecular complexity index is 804. The van der Waals surface area contributed by atoms with Crippen LogP contribution in [0.5, 0.6) is 0 Å². The first-order valence-electron chi connectivity index (χ1n) is 9.82. The van der Waals surface area contributed by atoms with Gasteiger partial charge in [0.05, 0.1) is 11.8 Å². The minimum atomic E-state index is -0.231. The Hall–Kier alpha value is -2.04. The third-order valence-electron chi connectivity index (χ3n) is 6.28. The van der Waals surface area contributed by atoms with E-state index in [1.54, 1.807) is 12.3 Å². The number of nitrogens with zero attached hydrogens (tertiary/aromatic N) is 1. The van der Waals surface area contributed by atoms with Crippen molar-refractivity contribution in [2.45, 2.75) is 37.8 Å². The molecule has 142 valence electrons. The molecule has 5 atom stereocenters. The molecule has 3 nitrogen and oxygen atoms in total. The van der Waals surface area contributed by atoms with Gasteiger partial charge < -0.3 is 10.5 Å². The van der Waals surface area contributed by atoms with E-state index in [-0.39, 0.29) is 11.9 Å². The third kappa shape index (κ3) is 3.97. The monoisotopic (exact) mass is 366 g/mol. The molecule has 0 spiro atoms. The Labute approximate surface area is 160 Å². The second-order valence-electron chi connectivity index (χ2n) is 7.93. The molecule has 4 rings (SSSR count). The zero-order chi connectivity index (χ0) is 18.8. The van der Waals surface area contributed by atoms with Gasteiger partial charge in [0.1, 0.15) is 5.82 Å². The number of hydrogen-bond acceptors (Lipinski definition) is 3. The number of hydrogen-bond donors (Lipinski definition) is 1. The van der Waals surface area contributed by atoms with E-state index in [1.807, 2.05) is 25.3 Å². The van der Waals surface area contributed by atoms with Crippen LogP contribution in [0.25, 0.3) is 17.2 Å². The summed E-state index contributed by atoms with van der Waals surface area (Å²) in [6.07, 6.45) is 11.0. The van der Waals surface area contributed by atoms with Crippen molar-refractivity contribution in [3.63, 3.8) is 0 Å². The molecule has 2 fully saturated rings. The lowest BCUT2D eigenvalue weighted by Gasteiger charge is -2.31. The van der Waals surface area contributed by atoms with E-state index in [2.05, 4.69) is 17.1 Å². The highest BCUT2D eigenvalue weighted by molar-refractivity contribution is 5.63. The molecule has 2 saturated carbocycles. The molecule has 0 saturated heterocycles. The number of rotatable bonds is 4. The Morgan fingerprint density at radius 1 is 1.15 bits per heavy atom. The SMILES string of the molecule is CO[C@H]1C[C@H]2CC(N)CC[C@H]2[C@@H]1/C=C/c1ccc(-c2cccc(F)c2)cn1. The fourth-order valence-corrected chi connectivity index (χ4v) is 4.91. The molecule has 1 aromatic carbocycles. The number of pyridine rings is 1. The van der Waals surface area contributed by atoms with Gasteiger partial charge >= 0.3 is 0 Å². The molecular formula is C23H27FN2O. The van der Waals surface area contributed by atoms with Gasteiger partial charge in [0, 0.05) is 30.8 Å². The summed E-state index contributed by atoms with van der Waals surface area (Å²) in [5.74, 6) is 1.54. The molecule has 0 amide bonds. The molecule has 0 bridgehead atoms. The van der Waals surface area contributed by atoms with Crippen LogP contribution < -0.4 is 5.73 Å². The number of benzene rings is 1. The lowest BCUT2D eigenvalue weighted by atomic mass is 9.76. The zero-order valence-corrected chi connectivity index (χ0v) is 15.7. The van der Waals surface area contributed by atoms with Crippen LogP contribution in [-0.4, -0.2) is 24.2 Å². The fourth-order valence-electron chi connectivity index (χ4n) is 4.91. The van der Waals surface area contributed by atoms with Crippen molar-refractivity contribution in [3.05, 3.63) is 60.2 Å². The van der Waals surface area contributed by atoms with E-state index >= 15 is 0 Å². The molecular weight excluding hydrogens is 339 g/mol. The smallest absolute Gasteiger partial charge is 0.123 e. The van der Waals surface area contributed by atoms with Gasteiger partial charge in [-0.1, -0.05) is 24.3 Å². The third-order valence-corrected chi connectivity index (χ3v) is 6.28. The van der Waals surface area contributed by atoms with Crippen molar-refractivity contribution < 1.29 is 9.13 Å². The number of nitrogens with two attached hydrogens (primary N) is 1. The van der Waals surface area contributed by atoms with Crippen molar-refractivity contribution in [3.8, 4) is 11.1 Å². The van der Waals surface area contributed by atoms with Crippen molar-refractivity contribution in [1.29, 1.82) is 0 Å². The maximum Gasteiger partial charge on any atom is 0.123 e. The summed E-state index contributed by atoms with van der Waals surface area (Å²) < 4.78 is 19.2. The Kier molecular flexibility index (Phi) is 5.37. The van der Waals surface area contributed by atoms with E-state index in [9.17, 15) is 4.39 Å². The van der Waals surface area contributed by atoms with Crippen LogP contribution in [0.3, 0.4) is 0 Å². The maximum atomic E-state index is 13.4. The first-order valence-corrected chi connectivity index (χ1v) is 9.82. The molecule has 2 aliphatic carbocycles. The standard InChI is InChI=1S/C23H27FN2O/c1-27-23-13-17-12-19(25)6-9-21(17)22(23)10-8-20-7-5-16(14-26-20)15-3-2-4-18(24)11-15/h2-5,7-8,10-11,14,17,19,21-23H,6,9,12-13,25H2,1H3/b10-8+/t17-,19?,21-,22+,23+/m1/s1. The van der Waals surface area contributed by atoms with Crippen LogP contribution in [0.4, 0.5) is 4.39 Å². The van der Waals surface area contributed by atoms with Crippen LogP contribution in [-0.2, 0) is 4.74 Å². The van der Waals surface area contributed by atoms with Crippen molar-refractivity contribution in [2.75, 3.05) is 7.11 Å². The summed E-state index contributed by atoms with van der Waals surface area (Å²) >= 11 is 0. The minimum absolute atomic E-state index is 0.231. The fraction of sp³-hybridized carbons (Fsp3) is 0.435. The Morgan fingerprint density at radius 2 is 2.04 bits per heavy atom. The summed E-state index contributed by atoms with van der Waals surface area (Å²) in [5, 5.41) is 0. The second-order valence-corrected chi connectivity index (χ2v) is 7.93. The number of ether oxygens (including phenoxy) is 1. The first-order chi connectivity index (χ1) is 13.1. The van der Waals surface area contributed by atoms with Crippen LogP contribution in [0.15, 0.2) is 48.7 Å². The van der Waals surface area contributed by atoms with E-state index in [4.69, 9.17) is 10.5 Å². The molecule has 2 aliphatic rings. The minimum Gasteiger partial charge on any atom is -0.381 e. The molecule has 2 aromatic rings. The number of halogens is 1. The average molecular weight is 366 g/mol. The van der Waals surface area contributed by atoms with Gasteiger partial charge in [-0.25, -0.2) is 4.39 Å². The highest BCUT2D eigenvalue weighted by atomic mass is 19.1. The summed E-state index contributed by atoms with van der Waals surface area (Å²) in [5.41, 5.74) is 8.85. The van der Waals surface area contributed by atoms with E-state index < -0.39 is 0 Å². The van der Waals surface area contributed by atoms with Crippen LogP contribution >= 0.6 is 0 Å². The zero-order valence-electron chi connectivity index (χ0n) is 15.7. The molecule has 1 heterocycles. The predicted octanol–water partition coefficient (Wildman–Crippen LogP) is 4.68. The van der Waals surface area contributed by atoms with E-state index in [1.165, 1.54) is 18.6 Å². The van der Waals surface area contributed by atoms with E-state index in [0.29, 0.717) is 23.8 Å². The summed E-state index contributed by atoms with van der Waals surface area (Å²) in [4.78, 5) is 4.54. The highest BCUT2D eigenvalue weighted by Crippen LogP contribution is 2.47. The topological polar surface area (TPSA) is 48.1 Å². The van der Waals surface area contributed by atoms with Gasteiger partial charge in [0.15, 0.2) is 0 Å². The molecule has 1 unspecified atom stereocenters. The highest BCUT2D eigenvalue weighted by Gasteiger charge is 2.44. The second kappa shape index (κ2) is 7.91. The average Bonchev–Trinajstić information content (AvgIpc) is 3.03. The largest absolute Gasteiger partial charge is 0.381 e. The summed E-state index contributed by atoms with van der Waals surface area (Å²) in [7, 11) is 1.81. The van der Waals surface area contributed by atoms with Crippen LogP contribution in [0.1, 0.15) is 31.4 Å². The van der Waals surface area contributed by atoms with Crippen molar-refractivity contribution in [1.82, 2.24) is 4.98 Å². The van der Waals surface area contributed by atoms with Crippen molar-refractivity contribution in [2.24, 2.45) is 23.5 Å². The molecule has 1 aromatic heterocycles. The van der Waals surface area contributed by atoms with Gasteiger partial charge in [0.2, 0.25) is 0 Å². The lowest BCUT2D eigenvalue weighted by molar-refractivity contribution is 0.0779. The Morgan fingerprint density at radius 3 is 2.78 bits per heavy atom. The Balaban J connectivity index is 1.49. The van der Waals surface area contributed by atoms with Gasteiger partial charge in [0.25, 0.3) is 0 Å². The van der Waals surface area contributed by atoms with Crippen LogP contribution in [0.2, 0.25) is 0 Å². The van der Waals surface area contributed by atoms with E-state index in [0.717, 1.165) is 36.1 Å². The molecule has 4 heteroatoms. The molecule has 27 heavy (non-hydrogen) atoms. The normalized spacial score (nSPS) is 30.6. The van der Waals surface area contributed by atoms with Gasteiger partial charge in [-0.15, -0.1) is 0 Å². The number of aromatic nitrogens is 1. The number of methoxy groups -OCH3 is 1. The van der Waals surface area contributed by atoms with Gasteiger partial charge in [-0.2, -0.15) is 0 Å². The molecule has 0 radical (unpaired) electrons. The molecule has 2 N–H and O–H groups in total. The summed E-state index contributed by atoms with van der Waals surface area (Å²) in [6, 6.07) is 10.9. The predicted molar refractivity (Wildman–Crippen MR) is 106 cm³/mol. The van der Waals surface area contributed by atoms with Crippen molar-refractivity contribution >= 4 is 6.08 Å². The number of fused-ring (bicyclic) bond motifs is 1. The van der Waals surface area contributed by atoms with Gasteiger partial charge in [-0.05, 0) is 67.4 Å². The maximum absolute atomic E-state index is 13.4.